The van der Waals surface area contributed by atoms with E-state index in [4.69, 9.17) is 4.52 Å². The minimum atomic E-state index is 0.0227. The lowest BCUT2D eigenvalue weighted by molar-refractivity contribution is 0.150. The van der Waals surface area contributed by atoms with Crippen LogP contribution in [0.4, 0.5) is 0 Å². The Morgan fingerprint density at radius 2 is 2.13 bits per heavy atom. The lowest BCUT2D eigenvalue weighted by Crippen LogP contribution is -2.36. The summed E-state index contributed by atoms with van der Waals surface area (Å²) in [7, 11) is 0. The zero-order chi connectivity index (χ0) is 16.2. The van der Waals surface area contributed by atoms with Gasteiger partial charge in [-0.1, -0.05) is 19.0 Å². The van der Waals surface area contributed by atoms with Crippen LogP contribution in [0.1, 0.15) is 44.3 Å². The predicted molar refractivity (Wildman–Crippen MR) is 84.9 cm³/mol. The summed E-state index contributed by atoms with van der Waals surface area (Å²) in [6.45, 7) is 7.54. The molecule has 7 nitrogen and oxygen atoms in total. The highest BCUT2D eigenvalue weighted by molar-refractivity contribution is 4.92. The van der Waals surface area contributed by atoms with Gasteiger partial charge in [0.25, 0.3) is 5.56 Å². The van der Waals surface area contributed by atoms with Crippen LogP contribution in [0.25, 0.3) is 0 Å². The molecule has 3 rings (SSSR count). The van der Waals surface area contributed by atoms with Crippen LogP contribution < -0.4 is 5.56 Å². The molecule has 7 heteroatoms. The maximum Gasteiger partial charge on any atom is 0.253 e. The van der Waals surface area contributed by atoms with Gasteiger partial charge in [-0.3, -0.25) is 14.3 Å². The van der Waals surface area contributed by atoms with Crippen molar-refractivity contribution >= 4 is 0 Å². The molecule has 0 spiro atoms. The van der Waals surface area contributed by atoms with E-state index in [1.807, 2.05) is 0 Å². The monoisotopic (exact) mass is 317 g/mol. The van der Waals surface area contributed by atoms with Crippen molar-refractivity contribution in [2.24, 2.45) is 5.92 Å². The SMILES string of the molecule is CC(C)c1noc(CN2CCC(Cn3cnccc3=O)CC2)n1. The van der Waals surface area contributed by atoms with E-state index in [0.29, 0.717) is 18.4 Å². The zero-order valence-corrected chi connectivity index (χ0v) is 13.7. The first kappa shape index (κ1) is 15.9. The number of likely N-dealkylation sites (tertiary alicyclic amines) is 1. The van der Waals surface area contributed by atoms with E-state index in [1.54, 1.807) is 10.9 Å². The van der Waals surface area contributed by atoms with Crippen LogP contribution >= 0.6 is 0 Å². The number of rotatable bonds is 5. The van der Waals surface area contributed by atoms with Gasteiger partial charge in [-0.25, -0.2) is 4.98 Å². The number of nitrogens with zero attached hydrogens (tertiary/aromatic N) is 5. The number of hydrogen-bond donors (Lipinski definition) is 0. The summed E-state index contributed by atoms with van der Waals surface area (Å²) < 4.78 is 7.01. The second kappa shape index (κ2) is 7.04. The van der Waals surface area contributed by atoms with Crippen LogP contribution in [0, 0.1) is 5.92 Å². The summed E-state index contributed by atoms with van der Waals surface area (Å²) in [6.07, 6.45) is 5.29. The molecule has 2 aromatic rings. The van der Waals surface area contributed by atoms with Crippen molar-refractivity contribution in [1.29, 1.82) is 0 Å². The molecule has 1 fully saturated rings. The smallest absolute Gasteiger partial charge is 0.253 e. The molecule has 0 N–H and O–H groups in total. The normalized spacial score (nSPS) is 17.0. The predicted octanol–water partition coefficient (Wildman–Crippen LogP) is 1.66. The fraction of sp³-hybridized carbons (Fsp3) is 0.625. The van der Waals surface area contributed by atoms with Crippen LogP contribution in [-0.2, 0) is 13.1 Å². The summed E-state index contributed by atoms with van der Waals surface area (Å²) in [4.78, 5) is 22.5. The molecule has 3 heterocycles. The van der Waals surface area contributed by atoms with Crippen molar-refractivity contribution in [2.75, 3.05) is 13.1 Å². The topological polar surface area (TPSA) is 77.0 Å². The summed E-state index contributed by atoms with van der Waals surface area (Å²) in [5.41, 5.74) is 0.0227. The third kappa shape index (κ3) is 4.04. The van der Waals surface area contributed by atoms with Gasteiger partial charge in [-0.15, -0.1) is 0 Å². The second-order valence-corrected chi connectivity index (χ2v) is 6.49. The Kier molecular flexibility index (Phi) is 4.85. The second-order valence-electron chi connectivity index (χ2n) is 6.49. The number of aromatic nitrogens is 4. The molecule has 124 valence electrons. The van der Waals surface area contributed by atoms with Gasteiger partial charge in [0.05, 0.1) is 12.9 Å². The maximum atomic E-state index is 11.7. The molecule has 1 aliphatic rings. The summed E-state index contributed by atoms with van der Waals surface area (Å²) in [5, 5.41) is 4.00. The minimum absolute atomic E-state index is 0.0227. The van der Waals surface area contributed by atoms with Crippen LogP contribution in [0.2, 0.25) is 0 Å². The third-order valence-corrected chi connectivity index (χ3v) is 4.31. The van der Waals surface area contributed by atoms with Crippen molar-refractivity contribution in [3.05, 3.63) is 40.7 Å². The van der Waals surface area contributed by atoms with Crippen LogP contribution in [0.5, 0.6) is 0 Å². The fourth-order valence-electron chi connectivity index (χ4n) is 2.88. The van der Waals surface area contributed by atoms with Gasteiger partial charge in [0.15, 0.2) is 5.82 Å². The van der Waals surface area contributed by atoms with Gasteiger partial charge in [0, 0.05) is 24.7 Å². The Balaban J connectivity index is 1.50. The summed E-state index contributed by atoms with van der Waals surface area (Å²) in [5.74, 6) is 2.26. The lowest BCUT2D eigenvalue weighted by atomic mass is 9.97. The van der Waals surface area contributed by atoms with E-state index < -0.39 is 0 Å². The molecular formula is C16H23N5O2. The van der Waals surface area contributed by atoms with E-state index in [2.05, 4.69) is 33.9 Å². The van der Waals surface area contributed by atoms with Gasteiger partial charge in [-0.05, 0) is 31.8 Å². The highest BCUT2D eigenvalue weighted by atomic mass is 16.5. The molecule has 0 radical (unpaired) electrons. The van der Waals surface area contributed by atoms with Crippen molar-refractivity contribution in [2.45, 2.75) is 45.7 Å². The minimum Gasteiger partial charge on any atom is -0.338 e. The van der Waals surface area contributed by atoms with Crippen molar-refractivity contribution in [3.8, 4) is 0 Å². The van der Waals surface area contributed by atoms with E-state index in [0.717, 1.165) is 38.3 Å². The first-order valence-corrected chi connectivity index (χ1v) is 8.17. The number of piperidine rings is 1. The third-order valence-electron chi connectivity index (χ3n) is 4.31. The highest BCUT2D eigenvalue weighted by Crippen LogP contribution is 2.20. The molecule has 0 bridgehead atoms. The molecule has 23 heavy (non-hydrogen) atoms. The Bertz CT molecular complexity index is 686. The van der Waals surface area contributed by atoms with Crippen LogP contribution in [0.3, 0.4) is 0 Å². The Morgan fingerprint density at radius 1 is 1.35 bits per heavy atom. The Labute approximate surface area is 135 Å². The number of hydrogen-bond acceptors (Lipinski definition) is 6. The molecule has 2 aromatic heterocycles. The van der Waals surface area contributed by atoms with E-state index in [9.17, 15) is 4.79 Å². The molecule has 0 aromatic carbocycles. The van der Waals surface area contributed by atoms with Gasteiger partial charge >= 0.3 is 0 Å². The van der Waals surface area contributed by atoms with Crippen molar-refractivity contribution in [3.63, 3.8) is 0 Å². The average Bonchev–Trinajstić information content (AvgIpc) is 3.00. The fourth-order valence-corrected chi connectivity index (χ4v) is 2.88. The Morgan fingerprint density at radius 3 is 2.78 bits per heavy atom. The average molecular weight is 317 g/mol. The first-order chi connectivity index (χ1) is 11.1. The Hall–Kier alpha value is -2.02. The molecule has 0 unspecified atom stereocenters. The van der Waals surface area contributed by atoms with Crippen LogP contribution in [-0.4, -0.2) is 37.7 Å². The van der Waals surface area contributed by atoms with E-state index in [-0.39, 0.29) is 11.5 Å². The molecule has 0 saturated carbocycles. The first-order valence-electron chi connectivity index (χ1n) is 8.17. The standard InChI is InChI=1S/C16H23N5O2/c1-12(2)16-18-14(23-19-16)10-20-7-4-13(5-8-20)9-21-11-17-6-3-15(21)22/h3,6,11-13H,4-5,7-10H2,1-2H3. The van der Waals surface area contributed by atoms with Crippen molar-refractivity contribution < 1.29 is 4.52 Å². The van der Waals surface area contributed by atoms with Crippen molar-refractivity contribution in [1.82, 2.24) is 24.6 Å². The van der Waals surface area contributed by atoms with Gasteiger partial charge in [0.1, 0.15) is 0 Å². The van der Waals surface area contributed by atoms with Gasteiger partial charge in [0.2, 0.25) is 5.89 Å². The lowest BCUT2D eigenvalue weighted by Gasteiger charge is -2.31. The molecule has 1 saturated heterocycles. The maximum absolute atomic E-state index is 11.7. The van der Waals surface area contributed by atoms with E-state index in [1.165, 1.54) is 12.3 Å². The molecule has 0 amide bonds. The zero-order valence-electron chi connectivity index (χ0n) is 13.7. The van der Waals surface area contributed by atoms with Crippen LogP contribution in [0.15, 0.2) is 27.9 Å². The molecule has 0 aliphatic carbocycles. The highest BCUT2D eigenvalue weighted by Gasteiger charge is 2.21. The summed E-state index contributed by atoms with van der Waals surface area (Å²) in [6, 6.07) is 1.51. The molecule has 1 aliphatic heterocycles. The molecular weight excluding hydrogens is 294 g/mol. The molecule has 0 atom stereocenters. The summed E-state index contributed by atoms with van der Waals surface area (Å²) >= 11 is 0. The van der Waals surface area contributed by atoms with Gasteiger partial charge < -0.3 is 4.52 Å². The largest absolute Gasteiger partial charge is 0.338 e. The van der Waals surface area contributed by atoms with E-state index >= 15 is 0 Å². The van der Waals surface area contributed by atoms with Gasteiger partial charge in [-0.2, -0.15) is 4.98 Å². The quantitative estimate of drug-likeness (QED) is 0.835.